The normalized spacial score (nSPS) is 12.9. The first-order chi connectivity index (χ1) is 9.25. The molecule has 0 unspecified atom stereocenters. The number of amides is 1. The van der Waals surface area contributed by atoms with Crippen LogP contribution in [0.3, 0.4) is 0 Å². The summed E-state index contributed by atoms with van der Waals surface area (Å²) in [5.74, 6) is -0.227. The lowest BCUT2D eigenvalue weighted by Gasteiger charge is -2.28. The molecule has 1 aromatic rings. The summed E-state index contributed by atoms with van der Waals surface area (Å²) in [5, 5.41) is 6.13. The highest BCUT2D eigenvalue weighted by Gasteiger charge is 2.34. The average molecular weight is 379 g/mol. The van der Waals surface area contributed by atoms with Crippen LogP contribution in [0.25, 0.3) is 0 Å². The molecule has 8 heteroatoms. The summed E-state index contributed by atoms with van der Waals surface area (Å²) in [7, 11) is 0. The Labute approximate surface area is 142 Å². The second-order valence-electron chi connectivity index (χ2n) is 4.04. The van der Waals surface area contributed by atoms with E-state index in [-0.39, 0.29) is 10.9 Å². The third-order valence-corrected chi connectivity index (χ3v) is 3.83. The lowest BCUT2D eigenvalue weighted by atomic mass is 10.3. The fourth-order valence-electron chi connectivity index (χ4n) is 1.43. The van der Waals surface area contributed by atoms with Gasteiger partial charge in [-0.25, -0.2) is 0 Å². The molecule has 0 aromatic heterocycles. The monoisotopic (exact) mass is 376 g/mol. The van der Waals surface area contributed by atoms with Crippen LogP contribution >= 0.6 is 58.0 Å². The van der Waals surface area contributed by atoms with Crippen molar-refractivity contribution in [3.63, 3.8) is 0 Å². The Bertz CT molecular complexity index is 475. The van der Waals surface area contributed by atoms with Crippen LogP contribution in [0.1, 0.15) is 19.8 Å². The van der Waals surface area contributed by atoms with Crippen molar-refractivity contribution in [3.05, 3.63) is 28.2 Å². The van der Waals surface area contributed by atoms with Gasteiger partial charge in [0.1, 0.15) is 6.17 Å². The van der Waals surface area contributed by atoms with Crippen LogP contribution in [-0.4, -0.2) is 15.9 Å². The Morgan fingerprint density at radius 1 is 1.30 bits per heavy atom. The molecule has 0 aliphatic carbocycles. The number of carbonyl (C=O) groups excluding carboxylic acids is 1. The maximum atomic E-state index is 11.7. The highest BCUT2D eigenvalue weighted by molar-refractivity contribution is 6.68. The van der Waals surface area contributed by atoms with E-state index in [1.54, 1.807) is 18.2 Å². The highest BCUT2D eigenvalue weighted by atomic mass is 35.6. The van der Waals surface area contributed by atoms with Gasteiger partial charge in [0.05, 0.1) is 15.7 Å². The molecule has 112 valence electrons. The number of carbonyl (C=O) groups is 1. The van der Waals surface area contributed by atoms with Crippen molar-refractivity contribution >= 4 is 69.6 Å². The molecule has 0 fully saturated rings. The van der Waals surface area contributed by atoms with Gasteiger partial charge in [-0.15, -0.1) is 0 Å². The molecule has 1 amide bonds. The van der Waals surface area contributed by atoms with Crippen LogP contribution in [0.4, 0.5) is 5.69 Å². The molecule has 1 aromatic carbocycles. The van der Waals surface area contributed by atoms with E-state index in [0.29, 0.717) is 23.6 Å². The number of halogens is 5. The molecule has 0 bridgehead atoms. The third-order valence-electron chi connectivity index (χ3n) is 2.36. The first kappa shape index (κ1) is 18.0. The lowest BCUT2D eigenvalue weighted by Crippen LogP contribution is -2.49. The summed E-state index contributed by atoms with van der Waals surface area (Å²) in [6.45, 7) is 1.88. The predicted octanol–water partition coefficient (Wildman–Crippen LogP) is 5.02. The van der Waals surface area contributed by atoms with Gasteiger partial charge in [0.25, 0.3) is 0 Å². The zero-order valence-electron chi connectivity index (χ0n) is 10.5. The smallest absolute Gasteiger partial charge is 0.228 e. The van der Waals surface area contributed by atoms with Gasteiger partial charge in [-0.05, 0) is 18.6 Å². The standard InChI is InChI=1S/C12H13Cl5N2O/c1-2-4-9(20)19-11(12(15,16)17)18-8-6-3-5-7(13)10(8)14/h3,5-6,11,18H,2,4H2,1H3,(H,19,20)/t11-/m0/s1. The molecule has 20 heavy (non-hydrogen) atoms. The van der Waals surface area contributed by atoms with Crippen LogP contribution in [0.2, 0.25) is 10.0 Å². The Balaban J connectivity index is 2.90. The topological polar surface area (TPSA) is 41.1 Å². The number of nitrogens with one attached hydrogen (secondary N) is 2. The van der Waals surface area contributed by atoms with Crippen molar-refractivity contribution in [3.8, 4) is 0 Å². The van der Waals surface area contributed by atoms with Gasteiger partial charge in [0, 0.05) is 6.42 Å². The van der Waals surface area contributed by atoms with E-state index in [4.69, 9.17) is 58.0 Å². The van der Waals surface area contributed by atoms with Crippen molar-refractivity contribution in [2.75, 3.05) is 5.32 Å². The maximum absolute atomic E-state index is 11.7. The third kappa shape index (κ3) is 5.38. The van der Waals surface area contributed by atoms with E-state index in [1.165, 1.54) is 0 Å². The minimum Gasteiger partial charge on any atom is -0.361 e. The second kappa shape index (κ2) is 7.81. The van der Waals surface area contributed by atoms with Gasteiger partial charge in [-0.3, -0.25) is 4.79 Å². The summed E-state index contributed by atoms with van der Waals surface area (Å²) in [5.41, 5.74) is 0.465. The molecule has 0 aliphatic heterocycles. The number of rotatable bonds is 5. The van der Waals surface area contributed by atoms with Gasteiger partial charge in [-0.2, -0.15) is 0 Å². The summed E-state index contributed by atoms with van der Waals surface area (Å²) in [6.07, 6.45) is 0.0981. The van der Waals surface area contributed by atoms with Crippen LogP contribution in [-0.2, 0) is 4.79 Å². The number of benzene rings is 1. The molecule has 0 radical (unpaired) electrons. The van der Waals surface area contributed by atoms with Crippen molar-refractivity contribution < 1.29 is 4.79 Å². The first-order valence-corrected chi connectivity index (χ1v) is 7.71. The molecule has 0 aliphatic rings. The van der Waals surface area contributed by atoms with Crippen molar-refractivity contribution in [2.45, 2.75) is 29.7 Å². The number of hydrogen-bond acceptors (Lipinski definition) is 2. The Hall–Kier alpha value is -0.0600. The maximum Gasteiger partial charge on any atom is 0.228 e. The number of anilines is 1. The molecular weight excluding hydrogens is 365 g/mol. The summed E-state index contributed by atoms with van der Waals surface area (Å²) < 4.78 is -1.74. The van der Waals surface area contributed by atoms with Crippen LogP contribution in [0.15, 0.2) is 18.2 Å². The van der Waals surface area contributed by atoms with Crippen molar-refractivity contribution in [1.29, 1.82) is 0 Å². The van der Waals surface area contributed by atoms with E-state index in [0.717, 1.165) is 0 Å². The molecular formula is C12H13Cl5N2O. The Morgan fingerprint density at radius 3 is 2.50 bits per heavy atom. The van der Waals surface area contributed by atoms with Crippen molar-refractivity contribution in [2.24, 2.45) is 0 Å². The van der Waals surface area contributed by atoms with Crippen molar-refractivity contribution in [1.82, 2.24) is 5.32 Å². The fourth-order valence-corrected chi connectivity index (χ4v) is 2.11. The van der Waals surface area contributed by atoms with Crippen LogP contribution in [0, 0.1) is 0 Å². The van der Waals surface area contributed by atoms with E-state index in [1.807, 2.05) is 6.92 Å². The molecule has 2 N–H and O–H groups in total. The molecule has 0 spiro atoms. The minimum absolute atomic E-state index is 0.227. The molecule has 0 saturated carbocycles. The zero-order chi connectivity index (χ0) is 15.3. The lowest BCUT2D eigenvalue weighted by molar-refractivity contribution is -0.121. The van der Waals surface area contributed by atoms with E-state index >= 15 is 0 Å². The number of alkyl halides is 3. The fraction of sp³-hybridized carbons (Fsp3) is 0.417. The predicted molar refractivity (Wildman–Crippen MR) is 87.2 cm³/mol. The quantitative estimate of drug-likeness (QED) is 0.558. The molecule has 3 nitrogen and oxygen atoms in total. The first-order valence-electron chi connectivity index (χ1n) is 5.82. The Morgan fingerprint density at radius 2 is 1.95 bits per heavy atom. The molecule has 1 atom stereocenters. The Kier molecular flexibility index (Phi) is 7.02. The highest BCUT2D eigenvalue weighted by Crippen LogP contribution is 2.35. The van der Waals surface area contributed by atoms with Gasteiger partial charge >= 0.3 is 0 Å². The van der Waals surface area contributed by atoms with E-state index in [9.17, 15) is 4.79 Å². The summed E-state index contributed by atoms with van der Waals surface area (Å²) in [4.78, 5) is 11.7. The summed E-state index contributed by atoms with van der Waals surface area (Å²) >= 11 is 29.5. The van der Waals surface area contributed by atoms with Gasteiger partial charge < -0.3 is 10.6 Å². The number of hydrogen-bond donors (Lipinski definition) is 2. The van der Waals surface area contributed by atoms with E-state index < -0.39 is 9.96 Å². The largest absolute Gasteiger partial charge is 0.361 e. The van der Waals surface area contributed by atoms with Gasteiger partial charge in [0.2, 0.25) is 9.70 Å². The van der Waals surface area contributed by atoms with Crippen LogP contribution < -0.4 is 10.6 Å². The molecule has 0 saturated heterocycles. The average Bonchev–Trinajstić information content (AvgIpc) is 2.33. The SMILES string of the molecule is CCCC(=O)N[C@H](Nc1cccc(Cl)c1Cl)C(Cl)(Cl)Cl. The second-order valence-corrected chi connectivity index (χ2v) is 7.19. The van der Waals surface area contributed by atoms with Gasteiger partial charge in [0.15, 0.2) is 0 Å². The van der Waals surface area contributed by atoms with Crippen LogP contribution in [0.5, 0.6) is 0 Å². The molecule has 1 rings (SSSR count). The van der Waals surface area contributed by atoms with E-state index in [2.05, 4.69) is 10.6 Å². The summed E-state index contributed by atoms with van der Waals surface area (Å²) in [6, 6.07) is 5.00. The minimum atomic E-state index is -1.74. The zero-order valence-corrected chi connectivity index (χ0v) is 14.3. The molecule has 0 heterocycles. The van der Waals surface area contributed by atoms with Gasteiger partial charge in [-0.1, -0.05) is 71.0 Å².